The SMILES string of the molecule is O=C(NCc1ccccc1)c1nn(-c2ccccn2)c2nccc(-c3cccs3)c12. The predicted octanol–water partition coefficient (Wildman–Crippen LogP) is 4.47. The summed E-state index contributed by atoms with van der Waals surface area (Å²) in [5.74, 6) is 0.366. The Morgan fingerprint density at radius 2 is 1.80 bits per heavy atom. The van der Waals surface area contributed by atoms with Gasteiger partial charge in [0.1, 0.15) is 0 Å². The van der Waals surface area contributed by atoms with Crippen molar-refractivity contribution < 1.29 is 4.79 Å². The number of nitrogens with zero attached hydrogens (tertiary/aromatic N) is 4. The fourth-order valence-electron chi connectivity index (χ4n) is 3.34. The molecule has 5 aromatic rings. The smallest absolute Gasteiger partial charge is 0.272 e. The molecule has 4 aromatic heterocycles. The summed E-state index contributed by atoms with van der Waals surface area (Å²) in [7, 11) is 0. The van der Waals surface area contributed by atoms with Crippen molar-refractivity contribution in [2.24, 2.45) is 0 Å². The summed E-state index contributed by atoms with van der Waals surface area (Å²) in [6, 6.07) is 21.3. The highest BCUT2D eigenvalue weighted by Crippen LogP contribution is 2.33. The van der Waals surface area contributed by atoms with Gasteiger partial charge >= 0.3 is 0 Å². The summed E-state index contributed by atoms with van der Waals surface area (Å²) >= 11 is 1.61. The second-order valence-electron chi connectivity index (χ2n) is 6.65. The Balaban J connectivity index is 1.63. The van der Waals surface area contributed by atoms with Crippen LogP contribution >= 0.6 is 11.3 Å². The predicted molar refractivity (Wildman–Crippen MR) is 118 cm³/mol. The molecule has 1 amide bonds. The first kappa shape index (κ1) is 18.2. The third kappa shape index (κ3) is 3.35. The van der Waals surface area contributed by atoms with Crippen molar-refractivity contribution in [1.82, 2.24) is 25.1 Å². The average Bonchev–Trinajstić information content (AvgIpc) is 3.47. The van der Waals surface area contributed by atoms with Crippen LogP contribution in [0.5, 0.6) is 0 Å². The molecule has 0 saturated carbocycles. The number of amides is 1. The zero-order valence-electron chi connectivity index (χ0n) is 15.9. The van der Waals surface area contributed by atoms with Crippen molar-refractivity contribution >= 4 is 28.3 Å². The first-order valence-electron chi connectivity index (χ1n) is 9.46. The number of fused-ring (bicyclic) bond motifs is 1. The van der Waals surface area contributed by atoms with Gasteiger partial charge in [0.25, 0.3) is 5.91 Å². The zero-order valence-corrected chi connectivity index (χ0v) is 16.7. The van der Waals surface area contributed by atoms with Crippen molar-refractivity contribution in [2.75, 3.05) is 0 Å². The lowest BCUT2D eigenvalue weighted by atomic mass is 10.1. The minimum atomic E-state index is -0.246. The molecule has 0 fully saturated rings. The van der Waals surface area contributed by atoms with E-state index in [1.54, 1.807) is 28.4 Å². The van der Waals surface area contributed by atoms with Gasteiger partial charge in [0.05, 0.1) is 5.39 Å². The summed E-state index contributed by atoms with van der Waals surface area (Å²) in [5, 5.41) is 10.3. The molecular formula is C23H17N5OS. The lowest BCUT2D eigenvalue weighted by Gasteiger charge is -2.05. The molecule has 0 spiro atoms. The fourth-order valence-corrected chi connectivity index (χ4v) is 4.10. The maximum absolute atomic E-state index is 13.2. The van der Waals surface area contributed by atoms with Gasteiger partial charge in [-0.3, -0.25) is 4.79 Å². The summed E-state index contributed by atoms with van der Waals surface area (Å²) < 4.78 is 1.63. The van der Waals surface area contributed by atoms with Crippen LogP contribution < -0.4 is 5.32 Å². The summed E-state index contributed by atoms with van der Waals surface area (Å²) in [6.45, 7) is 0.423. The normalized spacial score (nSPS) is 10.9. The maximum Gasteiger partial charge on any atom is 0.272 e. The second-order valence-corrected chi connectivity index (χ2v) is 7.60. The highest BCUT2D eigenvalue weighted by atomic mass is 32.1. The van der Waals surface area contributed by atoms with E-state index in [0.29, 0.717) is 23.7 Å². The van der Waals surface area contributed by atoms with Crippen molar-refractivity contribution in [3.8, 4) is 16.3 Å². The minimum absolute atomic E-state index is 0.246. The molecule has 7 heteroatoms. The van der Waals surface area contributed by atoms with Gasteiger partial charge in [-0.25, -0.2) is 9.97 Å². The number of pyridine rings is 2. The molecule has 0 radical (unpaired) electrons. The van der Waals surface area contributed by atoms with Crippen LogP contribution in [-0.2, 0) is 6.54 Å². The number of nitrogens with one attached hydrogen (secondary N) is 1. The average molecular weight is 411 g/mol. The molecule has 1 aromatic carbocycles. The first-order chi connectivity index (χ1) is 14.8. The van der Waals surface area contributed by atoms with E-state index in [4.69, 9.17) is 0 Å². The van der Waals surface area contributed by atoms with E-state index in [9.17, 15) is 4.79 Å². The molecule has 0 atom stereocenters. The molecule has 0 aliphatic rings. The van der Waals surface area contributed by atoms with Gasteiger partial charge in [0.15, 0.2) is 17.2 Å². The Morgan fingerprint density at radius 1 is 0.933 bits per heavy atom. The number of hydrogen-bond acceptors (Lipinski definition) is 5. The van der Waals surface area contributed by atoms with E-state index >= 15 is 0 Å². The molecule has 1 N–H and O–H groups in total. The lowest BCUT2D eigenvalue weighted by Crippen LogP contribution is -2.23. The van der Waals surface area contributed by atoms with Gasteiger partial charge in [0.2, 0.25) is 0 Å². The number of benzene rings is 1. The van der Waals surface area contributed by atoms with Crippen LogP contribution in [0.25, 0.3) is 27.3 Å². The third-order valence-corrected chi connectivity index (χ3v) is 5.64. The van der Waals surface area contributed by atoms with Crippen LogP contribution in [0.1, 0.15) is 16.1 Å². The summed E-state index contributed by atoms with van der Waals surface area (Å²) in [5.41, 5.74) is 2.89. The van der Waals surface area contributed by atoms with Gasteiger partial charge in [-0.15, -0.1) is 11.3 Å². The van der Waals surface area contributed by atoms with Crippen LogP contribution in [0.4, 0.5) is 0 Å². The second kappa shape index (κ2) is 7.88. The molecule has 4 heterocycles. The number of hydrogen-bond donors (Lipinski definition) is 1. The molecule has 0 saturated heterocycles. The van der Waals surface area contributed by atoms with E-state index in [1.165, 1.54) is 0 Å². The third-order valence-electron chi connectivity index (χ3n) is 4.73. The Morgan fingerprint density at radius 3 is 2.57 bits per heavy atom. The standard InChI is InChI=1S/C23H17N5OS/c29-23(26-15-16-7-2-1-3-8-16)21-20-17(18-9-6-14-30-18)11-13-25-22(20)28(27-21)19-10-4-5-12-24-19/h1-14H,15H2,(H,26,29). The number of aromatic nitrogens is 4. The number of thiophene rings is 1. The highest BCUT2D eigenvalue weighted by Gasteiger charge is 2.23. The topological polar surface area (TPSA) is 72.7 Å². The van der Waals surface area contributed by atoms with Gasteiger partial charge in [-0.05, 0) is 35.2 Å². The van der Waals surface area contributed by atoms with E-state index < -0.39 is 0 Å². The van der Waals surface area contributed by atoms with Crippen molar-refractivity contribution in [2.45, 2.75) is 6.54 Å². The molecule has 146 valence electrons. The van der Waals surface area contributed by atoms with Gasteiger partial charge in [0, 0.05) is 29.4 Å². The molecule has 30 heavy (non-hydrogen) atoms. The van der Waals surface area contributed by atoms with Crippen LogP contribution in [0.2, 0.25) is 0 Å². The van der Waals surface area contributed by atoms with E-state index in [2.05, 4.69) is 20.4 Å². The van der Waals surface area contributed by atoms with E-state index in [1.807, 2.05) is 72.1 Å². The minimum Gasteiger partial charge on any atom is -0.347 e. The number of carbonyl (C=O) groups is 1. The Bertz CT molecular complexity index is 1300. The van der Waals surface area contributed by atoms with E-state index in [-0.39, 0.29) is 5.91 Å². The quantitative estimate of drug-likeness (QED) is 0.463. The van der Waals surface area contributed by atoms with Crippen LogP contribution in [0.3, 0.4) is 0 Å². The molecule has 5 rings (SSSR count). The van der Waals surface area contributed by atoms with Crippen molar-refractivity contribution in [1.29, 1.82) is 0 Å². The summed E-state index contributed by atoms with van der Waals surface area (Å²) in [4.78, 5) is 23.1. The van der Waals surface area contributed by atoms with Gasteiger partial charge in [-0.1, -0.05) is 42.5 Å². The monoisotopic (exact) mass is 411 g/mol. The molecular weight excluding hydrogens is 394 g/mol. The largest absolute Gasteiger partial charge is 0.347 e. The van der Waals surface area contributed by atoms with Crippen LogP contribution in [-0.4, -0.2) is 25.7 Å². The van der Waals surface area contributed by atoms with Crippen LogP contribution in [0, 0.1) is 0 Å². The van der Waals surface area contributed by atoms with Gasteiger partial charge in [-0.2, -0.15) is 9.78 Å². The lowest BCUT2D eigenvalue weighted by molar-refractivity contribution is 0.0947. The molecule has 0 bridgehead atoms. The molecule has 0 aliphatic carbocycles. The van der Waals surface area contributed by atoms with Crippen molar-refractivity contribution in [3.63, 3.8) is 0 Å². The maximum atomic E-state index is 13.2. The fraction of sp³-hybridized carbons (Fsp3) is 0.0435. The Kier molecular flexibility index (Phi) is 4.78. The molecule has 0 unspecified atom stereocenters. The van der Waals surface area contributed by atoms with Gasteiger partial charge < -0.3 is 5.32 Å². The number of carbonyl (C=O) groups excluding carboxylic acids is 1. The van der Waals surface area contributed by atoms with Crippen molar-refractivity contribution in [3.05, 3.63) is 95.8 Å². The highest BCUT2D eigenvalue weighted by molar-refractivity contribution is 7.13. The molecule has 6 nitrogen and oxygen atoms in total. The zero-order chi connectivity index (χ0) is 20.3. The first-order valence-corrected chi connectivity index (χ1v) is 10.3. The van der Waals surface area contributed by atoms with E-state index in [0.717, 1.165) is 21.4 Å². The number of rotatable bonds is 5. The summed E-state index contributed by atoms with van der Waals surface area (Å²) in [6.07, 6.45) is 3.44. The Labute approximate surface area is 176 Å². The Hall–Kier alpha value is -3.84. The van der Waals surface area contributed by atoms with Crippen LogP contribution in [0.15, 0.2) is 84.5 Å². The molecule has 0 aliphatic heterocycles.